The first-order valence-electron chi connectivity index (χ1n) is 9.19. The lowest BCUT2D eigenvalue weighted by Gasteiger charge is -2.25. The van der Waals surface area contributed by atoms with Gasteiger partial charge in [0.05, 0.1) is 11.3 Å². The highest BCUT2D eigenvalue weighted by molar-refractivity contribution is 6.31. The van der Waals surface area contributed by atoms with Gasteiger partial charge in [0.1, 0.15) is 0 Å². The van der Waals surface area contributed by atoms with Gasteiger partial charge in [-0.25, -0.2) is 9.97 Å². The Morgan fingerprint density at radius 2 is 1.85 bits per heavy atom. The normalized spacial score (nSPS) is 18.3. The van der Waals surface area contributed by atoms with E-state index in [0.29, 0.717) is 29.4 Å². The Morgan fingerprint density at radius 1 is 1.04 bits per heavy atom. The molecule has 0 amide bonds. The standard InChI is InChI=1S/C22H18ClN3O/c23-18-7-3-2-6-16(18)15-11-19-17(21(27)12-15)13-24-22(25-19)26-10-9-14-5-1-4-8-20(14)26/h1-8,13,15H,9-12H2. The predicted octanol–water partition coefficient (Wildman–Crippen LogP) is 4.74. The zero-order chi connectivity index (χ0) is 18.4. The number of Topliss-reactive ketones (excluding diaryl/α,β-unsaturated/α-hetero) is 1. The second-order valence-electron chi connectivity index (χ2n) is 7.11. The van der Waals surface area contributed by atoms with Crippen molar-refractivity contribution in [3.63, 3.8) is 0 Å². The topological polar surface area (TPSA) is 46.1 Å². The van der Waals surface area contributed by atoms with E-state index in [2.05, 4.69) is 28.1 Å². The molecule has 2 aromatic carbocycles. The first kappa shape index (κ1) is 16.5. The highest BCUT2D eigenvalue weighted by atomic mass is 35.5. The third-order valence-electron chi connectivity index (χ3n) is 5.50. The van der Waals surface area contributed by atoms with Gasteiger partial charge in [0.2, 0.25) is 5.95 Å². The van der Waals surface area contributed by atoms with Gasteiger partial charge in [-0.15, -0.1) is 0 Å². The summed E-state index contributed by atoms with van der Waals surface area (Å²) in [4.78, 5) is 24.1. The van der Waals surface area contributed by atoms with E-state index in [9.17, 15) is 4.79 Å². The summed E-state index contributed by atoms with van der Waals surface area (Å²) >= 11 is 6.37. The van der Waals surface area contributed by atoms with Crippen molar-refractivity contribution in [2.75, 3.05) is 11.4 Å². The van der Waals surface area contributed by atoms with Crippen LogP contribution in [-0.2, 0) is 12.8 Å². The summed E-state index contributed by atoms with van der Waals surface area (Å²) in [6.07, 6.45) is 3.84. The molecule has 1 aliphatic heterocycles. The molecule has 1 aliphatic carbocycles. The summed E-state index contributed by atoms with van der Waals surface area (Å²) in [5, 5.41) is 0.710. The number of carbonyl (C=O) groups excluding carboxylic acids is 1. The first-order chi connectivity index (χ1) is 13.2. The second kappa shape index (κ2) is 6.46. The third kappa shape index (κ3) is 2.81. The summed E-state index contributed by atoms with van der Waals surface area (Å²) in [6.45, 7) is 0.861. The first-order valence-corrected chi connectivity index (χ1v) is 9.57. The van der Waals surface area contributed by atoms with Crippen molar-refractivity contribution in [2.24, 2.45) is 0 Å². The van der Waals surface area contributed by atoms with Gasteiger partial charge in [-0.05, 0) is 42.0 Å². The molecule has 2 aliphatic rings. The molecule has 0 bridgehead atoms. The maximum absolute atomic E-state index is 12.7. The average Bonchev–Trinajstić information content (AvgIpc) is 3.12. The molecule has 5 heteroatoms. The van der Waals surface area contributed by atoms with Crippen molar-refractivity contribution in [1.82, 2.24) is 9.97 Å². The number of hydrogen-bond donors (Lipinski definition) is 0. The molecule has 0 N–H and O–H groups in total. The summed E-state index contributed by atoms with van der Waals surface area (Å²) < 4.78 is 0. The minimum Gasteiger partial charge on any atom is -0.310 e. The van der Waals surface area contributed by atoms with Crippen molar-refractivity contribution in [2.45, 2.75) is 25.2 Å². The number of hydrogen-bond acceptors (Lipinski definition) is 4. The fourth-order valence-corrected chi connectivity index (χ4v) is 4.43. The lowest BCUT2D eigenvalue weighted by molar-refractivity contribution is 0.0962. The van der Waals surface area contributed by atoms with Crippen molar-refractivity contribution < 1.29 is 4.79 Å². The van der Waals surface area contributed by atoms with Crippen LogP contribution in [-0.4, -0.2) is 22.3 Å². The van der Waals surface area contributed by atoms with E-state index in [0.717, 1.165) is 29.9 Å². The molecule has 3 aromatic rings. The molecule has 0 saturated heterocycles. The molecule has 5 rings (SSSR count). The van der Waals surface area contributed by atoms with Crippen LogP contribution >= 0.6 is 11.6 Å². The highest BCUT2D eigenvalue weighted by Gasteiger charge is 2.30. The van der Waals surface area contributed by atoms with Crippen molar-refractivity contribution >= 4 is 29.0 Å². The number of fused-ring (bicyclic) bond motifs is 2. The van der Waals surface area contributed by atoms with Gasteiger partial charge in [-0.3, -0.25) is 4.79 Å². The molecular weight excluding hydrogens is 358 g/mol. The molecule has 134 valence electrons. The molecule has 1 aromatic heterocycles. The SMILES string of the molecule is O=C1CC(c2ccccc2Cl)Cc2nc(N3CCc4ccccc43)ncc21. The van der Waals surface area contributed by atoms with Crippen molar-refractivity contribution in [3.05, 3.63) is 82.1 Å². The van der Waals surface area contributed by atoms with Gasteiger partial charge < -0.3 is 4.90 Å². The zero-order valence-electron chi connectivity index (χ0n) is 14.7. The highest BCUT2D eigenvalue weighted by Crippen LogP contribution is 2.37. The number of ketones is 1. The monoisotopic (exact) mass is 375 g/mol. The molecule has 0 saturated carbocycles. The lowest BCUT2D eigenvalue weighted by Crippen LogP contribution is -2.23. The number of benzene rings is 2. The van der Waals surface area contributed by atoms with E-state index >= 15 is 0 Å². The van der Waals surface area contributed by atoms with Crippen molar-refractivity contribution in [1.29, 1.82) is 0 Å². The van der Waals surface area contributed by atoms with Gasteiger partial charge in [-0.2, -0.15) is 0 Å². The lowest BCUT2D eigenvalue weighted by atomic mass is 9.82. The van der Waals surface area contributed by atoms with Crippen LogP contribution in [0, 0.1) is 0 Å². The minimum atomic E-state index is 0.0623. The van der Waals surface area contributed by atoms with Gasteiger partial charge in [-0.1, -0.05) is 48.0 Å². The molecule has 0 radical (unpaired) electrons. The third-order valence-corrected chi connectivity index (χ3v) is 5.84. The van der Waals surface area contributed by atoms with Crippen LogP contribution in [0.4, 0.5) is 11.6 Å². The van der Waals surface area contributed by atoms with Crippen molar-refractivity contribution in [3.8, 4) is 0 Å². The van der Waals surface area contributed by atoms with Crippen LogP contribution in [0.1, 0.15) is 39.5 Å². The number of aromatic nitrogens is 2. The van der Waals surface area contributed by atoms with Crippen LogP contribution in [0.5, 0.6) is 0 Å². The average molecular weight is 376 g/mol. The fraction of sp³-hybridized carbons (Fsp3) is 0.227. The molecule has 1 atom stereocenters. The maximum Gasteiger partial charge on any atom is 0.230 e. The Labute approximate surface area is 162 Å². The molecule has 0 spiro atoms. The van der Waals surface area contributed by atoms with E-state index < -0.39 is 0 Å². The molecule has 2 heterocycles. The van der Waals surface area contributed by atoms with E-state index in [1.54, 1.807) is 6.20 Å². The van der Waals surface area contributed by atoms with Crippen LogP contribution in [0.2, 0.25) is 5.02 Å². The quantitative estimate of drug-likeness (QED) is 0.649. The maximum atomic E-state index is 12.7. The zero-order valence-corrected chi connectivity index (χ0v) is 15.5. The number of carbonyl (C=O) groups is 1. The Morgan fingerprint density at radius 3 is 2.74 bits per heavy atom. The van der Waals surface area contributed by atoms with E-state index in [4.69, 9.17) is 16.6 Å². The van der Waals surface area contributed by atoms with E-state index in [-0.39, 0.29) is 11.7 Å². The van der Waals surface area contributed by atoms with Gasteiger partial charge in [0.25, 0.3) is 0 Å². The Hall–Kier alpha value is -2.72. The second-order valence-corrected chi connectivity index (χ2v) is 7.52. The molecule has 27 heavy (non-hydrogen) atoms. The van der Waals surface area contributed by atoms with Crippen LogP contribution in [0.3, 0.4) is 0 Å². The van der Waals surface area contributed by atoms with E-state index in [1.165, 1.54) is 5.56 Å². The molecular formula is C22H18ClN3O. The molecule has 0 fully saturated rings. The Balaban J connectivity index is 1.51. The Kier molecular flexibility index (Phi) is 3.94. The molecule has 4 nitrogen and oxygen atoms in total. The van der Waals surface area contributed by atoms with Crippen LogP contribution < -0.4 is 4.90 Å². The number of para-hydroxylation sites is 1. The number of anilines is 2. The summed E-state index contributed by atoms with van der Waals surface area (Å²) in [5.41, 5.74) is 4.95. The van der Waals surface area contributed by atoms with Gasteiger partial charge in [0, 0.05) is 29.9 Å². The summed E-state index contributed by atoms with van der Waals surface area (Å²) in [7, 11) is 0. The number of rotatable bonds is 2. The van der Waals surface area contributed by atoms with Gasteiger partial charge >= 0.3 is 0 Å². The number of nitrogens with zero attached hydrogens (tertiary/aromatic N) is 3. The summed E-state index contributed by atoms with van der Waals surface area (Å²) in [6, 6.07) is 16.1. The van der Waals surface area contributed by atoms with Crippen LogP contribution in [0.25, 0.3) is 0 Å². The fourth-order valence-electron chi connectivity index (χ4n) is 4.14. The van der Waals surface area contributed by atoms with Crippen LogP contribution in [0.15, 0.2) is 54.7 Å². The largest absolute Gasteiger partial charge is 0.310 e. The van der Waals surface area contributed by atoms with Gasteiger partial charge in [0.15, 0.2) is 5.78 Å². The number of halogens is 1. The Bertz CT molecular complexity index is 1050. The minimum absolute atomic E-state index is 0.0623. The predicted molar refractivity (Wildman–Crippen MR) is 106 cm³/mol. The molecule has 1 unspecified atom stereocenters. The summed E-state index contributed by atoms with van der Waals surface area (Å²) in [5.74, 6) is 0.827. The smallest absolute Gasteiger partial charge is 0.230 e. The van der Waals surface area contributed by atoms with E-state index in [1.807, 2.05) is 30.3 Å².